The summed E-state index contributed by atoms with van der Waals surface area (Å²) in [6.45, 7) is 5.05. The van der Waals surface area contributed by atoms with Gasteiger partial charge >= 0.3 is 0 Å². The van der Waals surface area contributed by atoms with E-state index in [-0.39, 0.29) is 7.43 Å². The van der Waals surface area contributed by atoms with Gasteiger partial charge in [0.05, 0.1) is 21.3 Å². The van der Waals surface area contributed by atoms with E-state index in [2.05, 4.69) is 10.2 Å². The molecule has 1 aromatic rings. The number of hydrogen-bond acceptors (Lipinski definition) is 5. The van der Waals surface area contributed by atoms with Gasteiger partial charge in [-0.05, 0) is 6.07 Å². The normalized spacial score (nSPS) is 15.3. The summed E-state index contributed by atoms with van der Waals surface area (Å²) in [6.07, 6.45) is 0. The molecule has 1 heterocycles. The van der Waals surface area contributed by atoms with Crippen LogP contribution < -0.4 is 19.5 Å². The molecule has 0 aliphatic carbocycles. The van der Waals surface area contributed by atoms with Crippen LogP contribution in [0.1, 0.15) is 13.0 Å². The SMILES string of the molecule is C.COc1ccc(CN2CCNCC2)c(OC)c1OC. The maximum Gasteiger partial charge on any atom is 0.203 e. The molecule has 0 atom stereocenters. The van der Waals surface area contributed by atoms with Crippen molar-refractivity contribution in [2.24, 2.45) is 0 Å². The van der Waals surface area contributed by atoms with Gasteiger partial charge in [-0.3, -0.25) is 4.90 Å². The summed E-state index contributed by atoms with van der Waals surface area (Å²) in [4.78, 5) is 2.40. The minimum atomic E-state index is 0. The zero-order valence-electron chi connectivity index (χ0n) is 11.9. The predicted molar refractivity (Wildman–Crippen MR) is 81.0 cm³/mol. The summed E-state index contributed by atoms with van der Waals surface area (Å²) in [5.41, 5.74) is 1.13. The summed E-state index contributed by atoms with van der Waals surface area (Å²) in [5.74, 6) is 2.13. The largest absolute Gasteiger partial charge is 0.493 e. The zero-order valence-corrected chi connectivity index (χ0v) is 11.9. The highest BCUT2D eigenvalue weighted by atomic mass is 16.5. The Morgan fingerprint density at radius 1 is 1.00 bits per heavy atom. The molecule has 0 unspecified atom stereocenters. The minimum absolute atomic E-state index is 0. The van der Waals surface area contributed by atoms with Gasteiger partial charge in [0.15, 0.2) is 11.5 Å². The third kappa shape index (κ3) is 3.55. The van der Waals surface area contributed by atoms with Crippen LogP contribution in [0.3, 0.4) is 0 Å². The predicted octanol–water partition coefficient (Wildman–Crippen LogP) is 1.75. The average molecular weight is 282 g/mol. The first kappa shape index (κ1) is 16.6. The fraction of sp³-hybridized carbons (Fsp3) is 0.600. The molecule has 2 rings (SSSR count). The van der Waals surface area contributed by atoms with Crippen LogP contribution in [0.15, 0.2) is 12.1 Å². The maximum absolute atomic E-state index is 5.50. The third-order valence-corrected chi connectivity index (χ3v) is 3.39. The molecule has 0 spiro atoms. The molecule has 1 aromatic carbocycles. The number of methoxy groups -OCH3 is 3. The first-order valence-corrected chi connectivity index (χ1v) is 6.51. The number of nitrogens with one attached hydrogen (secondary N) is 1. The minimum Gasteiger partial charge on any atom is -0.493 e. The van der Waals surface area contributed by atoms with Gasteiger partial charge in [0, 0.05) is 38.3 Å². The van der Waals surface area contributed by atoms with Crippen LogP contribution in [0.4, 0.5) is 0 Å². The second-order valence-electron chi connectivity index (χ2n) is 4.52. The lowest BCUT2D eigenvalue weighted by molar-refractivity contribution is 0.228. The highest BCUT2D eigenvalue weighted by Crippen LogP contribution is 2.40. The van der Waals surface area contributed by atoms with Crippen LogP contribution in [0, 0.1) is 0 Å². The molecule has 5 heteroatoms. The smallest absolute Gasteiger partial charge is 0.203 e. The van der Waals surface area contributed by atoms with E-state index in [0.717, 1.165) is 44.0 Å². The van der Waals surface area contributed by atoms with E-state index in [1.54, 1.807) is 21.3 Å². The van der Waals surface area contributed by atoms with Crippen LogP contribution in [-0.4, -0.2) is 52.4 Å². The number of hydrogen-bond donors (Lipinski definition) is 1. The topological polar surface area (TPSA) is 43.0 Å². The van der Waals surface area contributed by atoms with Gasteiger partial charge in [-0.2, -0.15) is 0 Å². The van der Waals surface area contributed by atoms with Gasteiger partial charge in [0.1, 0.15) is 0 Å². The van der Waals surface area contributed by atoms with Crippen molar-refractivity contribution >= 4 is 0 Å². The fourth-order valence-corrected chi connectivity index (χ4v) is 2.40. The standard InChI is InChI=1S/C14H22N2O3.CH4/c1-17-12-5-4-11(13(18-2)14(12)19-3)10-16-8-6-15-7-9-16;/h4-5,15H,6-10H2,1-3H3;1H4. The van der Waals surface area contributed by atoms with E-state index in [1.807, 2.05) is 12.1 Å². The summed E-state index contributed by atoms with van der Waals surface area (Å²) in [5, 5.41) is 3.35. The lowest BCUT2D eigenvalue weighted by atomic mass is 10.1. The quantitative estimate of drug-likeness (QED) is 0.891. The Morgan fingerprint density at radius 2 is 1.65 bits per heavy atom. The number of benzene rings is 1. The molecule has 0 saturated carbocycles. The third-order valence-electron chi connectivity index (χ3n) is 3.39. The van der Waals surface area contributed by atoms with Crippen LogP contribution in [0.2, 0.25) is 0 Å². The second-order valence-corrected chi connectivity index (χ2v) is 4.52. The van der Waals surface area contributed by atoms with Crippen LogP contribution in [0.25, 0.3) is 0 Å². The van der Waals surface area contributed by atoms with E-state index < -0.39 is 0 Å². The van der Waals surface area contributed by atoms with E-state index in [4.69, 9.17) is 14.2 Å². The Morgan fingerprint density at radius 3 is 2.20 bits per heavy atom. The van der Waals surface area contributed by atoms with Crippen molar-refractivity contribution in [2.45, 2.75) is 14.0 Å². The Labute approximate surface area is 121 Å². The van der Waals surface area contributed by atoms with Crippen molar-refractivity contribution in [1.82, 2.24) is 10.2 Å². The molecular formula is C15H26N2O3. The lowest BCUT2D eigenvalue weighted by Gasteiger charge is -2.28. The Bertz CT molecular complexity index is 418. The van der Waals surface area contributed by atoms with Crippen molar-refractivity contribution in [2.75, 3.05) is 47.5 Å². The molecule has 1 N–H and O–H groups in total. The van der Waals surface area contributed by atoms with Crippen LogP contribution >= 0.6 is 0 Å². The van der Waals surface area contributed by atoms with E-state index in [0.29, 0.717) is 11.5 Å². The summed E-state index contributed by atoms with van der Waals surface area (Å²) < 4.78 is 16.2. The average Bonchev–Trinajstić information content (AvgIpc) is 2.47. The van der Waals surface area contributed by atoms with Gasteiger partial charge in [0.2, 0.25) is 5.75 Å². The number of piperazine rings is 1. The number of ether oxygens (including phenoxy) is 3. The zero-order chi connectivity index (χ0) is 13.7. The molecule has 20 heavy (non-hydrogen) atoms. The van der Waals surface area contributed by atoms with Crippen molar-refractivity contribution in [1.29, 1.82) is 0 Å². The molecule has 0 bridgehead atoms. The van der Waals surface area contributed by atoms with E-state index >= 15 is 0 Å². The molecule has 5 nitrogen and oxygen atoms in total. The molecule has 1 saturated heterocycles. The molecule has 1 fully saturated rings. The van der Waals surface area contributed by atoms with Gasteiger partial charge in [-0.15, -0.1) is 0 Å². The Hall–Kier alpha value is -1.46. The monoisotopic (exact) mass is 282 g/mol. The molecule has 1 aliphatic heterocycles. The van der Waals surface area contributed by atoms with Crippen molar-refractivity contribution in [3.05, 3.63) is 17.7 Å². The molecule has 0 aromatic heterocycles. The van der Waals surface area contributed by atoms with E-state index in [9.17, 15) is 0 Å². The van der Waals surface area contributed by atoms with Gasteiger partial charge in [0.25, 0.3) is 0 Å². The maximum atomic E-state index is 5.50. The van der Waals surface area contributed by atoms with Crippen molar-refractivity contribution in [3.8, 4) is 17.2 Å². The molecule has 0 radical (unpaired) electrons. The van der Waals surface area contributed by atoms with Gasteiger partial charge in [-0.25, -0.2) is 0 Å². The summed E-state index contributed by atoms with van der Waals surface area (Å²) in [7, 11) is 4.93. The molecular weight excluding hydrogens is 256 g/mol. The fourth-order valence-electron chi connectivity index (χ4n) is 2.40. The second kappa shape index (κ2) is 7.97. The highest BCUT2D eigenvalue weighted by molar-refractivity contribution is 5.55. The molecule has 1 aliphatic rings. The number of rotatable bonds is 5. The summed E-state index contributed by atoms with van der Waals surface area (Å²) in [6, 6.07) is 3.97. The Kier molecular flexibility index (Phi) is 6.61. The Balaban J connectivity index is 0.00000200. The summed E-state index contributed by atoms with van der Waals surface area (Å²) >= 11 is 0. The first-order valence-electron chi connectivity index (χ1n) is 6.51. The lowest BCUT2D eigenvalue weighted by Crippen LogP contribution is -2.42. The molecule has 0 amide bonds. The van der Waals surface area contributed by atoms with E-state index in [1.165, 1.54) is 0 Å². The van der Waals surface area contributed by atoms with Crippen molar-refractivity contribution < 1.29 is 14.2 Å². The van der Waals surface area contributed by atoms with Gasteiger partial charge in [-0.1, -0.05) is 13.5 Å². The molecule has 114 valence electrons. The van der Waals surface area contributed by atoms with Crippen LogP contribution in [0.5, 0.6) is 17.2 Å². The number of nitrogens with zero attached hydrogens (tertiary/aromatic N) is 1. The first-order chi connectivity index (χ1) is 9.30. The van der Waals surface area contributed by atoms with Crippen molar-refractivity contribution in [3.63, 3.8) is 0 Å². The highest BCUT2D eigenvalue weighted by Gasteiger charge is 2.18. The van der Waals surface area contributed by atoms with Crippen LogP contribution in [-0.2, 0) is 6.54 Å². The van der Waals surface area contributed by atoms with Gasteiger partial charge < -0.3 is 19.5 Å².